The number of rotatable bonds is 3. The van der Waals surface area contributed by atoms with Crippen LogP contribution in [0.5, 0.6) is 0 Å². The first-order chi connectivity index (χ1) is 10.6. The van der Waals surface area contributed by atoms with Gasteiger partial charge in [-0.3, -0.25) is 0 Å². The van der Waals surface area contributed by atoms with Crippen LogP contribution < -0.4 is 0 Å². The van der Waals surface area contributed by atoms with Crippen molar-refractivity contribution in [2.24, 2.45) is 4.99 Å². The maximum Gasteiger partial charge on any atom is 0.222 e. The molecule has 5 heteroatoms. The molecule has 0 bridgehead atoms. The van der Waals surface area contributed by atoms with Crippen LogP contribution in [0.1, 0.15) is 29.7 Å². The van der Waals surface area contributed by atoms with Gasteiger partial charge < -0.3 is 4.74 Å². The lowest BCUT2D eigenvalue weighted by Gasteiger charge is -2.09. The lowest BCUT2D eigenvalue weighted by Crippen LogP contribution is -2.07. The van der Waals surface area contributed by atoms with Crippen LogP contribution in [-0.4, -0.2) is 12.5 Å². The van der Waals surface area contributed by atoms with Gasteiger partial charge in [-0.15, -0.1) is 0 Å². The third-order valence-corrected chi connectivity index (χ3v) is 3.99. The van der Waals surface area contributed by atoms with E-state index in [2.05, 4.69) is 4.99 Å². The molecule has 0 aromatic heterocycles. The zero-order valence-corrected chi connectivity index (χ0v) is 12.7. The summed E-state index contributed by atoms with van der Waals surface area (Å²) in [5.74, 6) is -1.39. The van der Waals surface area contributed by atoms with Gasteiger partial charge in [-0.1, -0.05) is 36.7 Å². The quantitative estimate of drug-likeness (QED) is 0.803. The average molecular weight is 322 g/mol. The summed E-state index contributed by atoms with van der Waals surface area (Å²) in [6.45, 7) is 2.26. The molecule has 1 aliphatic rings. The summed E-state index contributed by atoms with van der Waals surface area (Å²) >= 11 is 6.27. The maximum atomic E-state index is 13.8. The normalized spacial score (nSPS) is 17.3. The van der Waals surface area contributed by atoms with Gasteiger partial charge in [0.15, 0.2) is 0 Å². The molecule has 0 saturated heterocycles. The van der Waals surface area contributed by atoms with Crippen molar-refractivity contribution < 1.29 is 13.5 Å². The summed E-state index contributed by atoms with van der Waals surface area (Å²) in [6.07, 6.45) is 0.885. The van der Waals surface area contributed by atoms with E-state index < -0.39 is 11.6 Å². The Morgan fingerprint density at radius 3 is 2.59 bits per heavy atom. The molecule has 0 amide bonds. The molecule has 0 radical (unpaired) electrons. The van der Waals surface area contributed by atoms with Gasteiger partial charge in [0.05, 0.1) is 0 Å². The Balaban J connectivity index is 1.95. The van der Waals surface area contributed by atoms with Crippen LogP contribution in [0.25, 0.3) is 0 Å². The predicted octanol–water partition coefficient (Wildman–Crippen LogP) is 4.70. The largest absolute Gasteiger partial charge is 0.475 e. The molecule has 3 rings (SSSR count). The van der Waals surface area contributed by atoms with E-state index in [1.807, 2.05) is 25.1 Å². The summed E-state index contributed by atoms with van der Waals surface area (Å²) in [7, 11) is 0. The van der Waals surface area contributed by atoms with Crippen LogP contribution in [0, 0.1) is 11.6 Å². The van der Waals surface area contributed by atoms with Crippen molar-refractivity contribution in [3.63, 3.8) is 0 Å². The maximum absolute atomic E-state index is 13.8. The second kappa shape index (κ2) is 6.05. The van der Waals surface area contributed by atoms with E-state index in [-0.39, 0.29) is 24.1 Å². The van der Waals surface area contributed by atoms with E-state index in [0.717, 1.165) is 17.5 Å². The molecular formula is C17H14ClF2NO. The van der Waals surface area contributed by atoms with Gasteiger partial charge in [-0.25, -0.2) is 13.8 Å². The number of hydrogen-bond acceptors (Lipinski definition) is 2. The van der Waals surface area contributed by atoms with Gasteiger partial charge >= 0.3 is 0 Å². The van der Waals surface area contributed by atoms with Gasteiger partial charge in [0, 0.05) is 5.02 Å². The van der Waals surface area contributed by atoms with Crippen LogP contribution in [0.15, 0.2) is 41.4 Å². The molecule has 0 saturated carbocycles. The van der Waals surface area contributed by atoms with Crippen molar-refractivity contribution in [2.75, 3.05) is 6.61 Å². The summed E-state index contributed by atoms with van der Waals surface area (Å²) < 4.78 is 33.0. The number of aliphatic imine (C=N–C) groups is 1. The van der Waals surface area contributed by atoms with E-state index in [0.29, 0.717) is 5.02 Å². The Morgan fingerprint density at radius 2 is 1.95 bits per heavy atom. The van der Waals surface area contributed by atoms with Crippen molar-refractivity contribution in [1.29, 1.82) is 0 Å². The minimum Gasteiger partial charge on any atom is -0.475 e. The smallest absolute Gasteiger partial charge is 0.222 e. The van der Waals surface area contributed by atoms with Crippen LogP contribution >= 0.6 is 11.6 Å². The Labute approximate surface area is 132 Å². The van der Waals surface area contributed by atoms with Crippen LogP contribution in [0.3, 0.4) is 0 Å². The zero-order valence-electron chi connectivity index (χ0n) is 11.9. The lowest BCUT2D eigenvalue weighted by molar-refractivity contribution is 0.317. The van der Waals surface area contributed by atoms with Crippen LogP contribution in [-0.2, 0) is 11.2 Å². The zero-order chi connectivity index (χ0) is 15.7. The highest BCUT2D eigenvalue weighted by atomic mass is 35.5. The molecule has 1 unspecified atom stereocenters. The standard InChI is InChI=1S/C17H14ClF2NO/c1-2-10-6-7-11(12(18)8-10)15-9-22-17(21-15)16-13(19)4-3-5-14(16)20/h3-8,15H,2,9H2,1H3. The third kappa shape index (κ3) is 2.71. The van der Waals surface area contributed by atoms with Crippen molar-refractivity contribution in [3.8, 4) is 0 Å². The fourth-order valence-electron chi connectivity index (χ4n) is 2.43. The second-order valence-electron chi connectivity index (χ2n) is 5.07. The minimum absolute atomic E-state index is 0.0174. The van der Waals surface area contributed by atoms with Gasteiger partial charge in [0.2, 0.25) is 5.90 Å². The fourth-order valence-corrected chi connectivity index (χ4v) is 2.76. The lowest BCUT2D eigenvalue weighted by atomic mass is 10.0. The number of benzene rings is 2. The molecule has 1 heterocycles. The Bertz CT molecular complexity index is 725. The van der Waals surface area contributed by atoms with E-state index in [1.165, 1.54) is 18.2 Å². The van der Waals surface area contributed by atoms with Crippen molar-refractivity contribution in [1.82, 2.24) is 0 Å². The molecule has 2 aromatic carbocycles. The van der Waals surface area contributed by atoms with Gasteiger partial charge in [-0.05, 0) is 35.7 Å². The van der Waals surface area contributed by atoms with Crippen LogP contribution in [0.4, 0.5) is 8.78 Å². The molecular weight excluding hydrogens is 308 g/mol. The van der Waals surface area contributed by atoms with E-state index in [9.17, 15) is 8.78 Å². The fraction of sp³-hybridized carbons (Fsp3) is 0.235. The summed E-state index contributed by atoms with van der Waals surface area (Å²) in [6, 6.07) is 9.06. The average Bonchev–Trinajstić information content (AvgIpc) is 2.96. The van der Waals surface area contributed by atoms with Gasteiger partial charge in [0.1, 0.15) is 29.8 Å². The number of aryl methyl sites for hydroxylation is 1. The summed E-state index contributed by atoms with van der Waals surface area (Å²) in [5.41, 5.74) is 1.69. The number of nitrogens with zero attached hydrogens (tertiary/aromatic N) is 1. The first-order valence-corrected chi connectivity index (χ1v) is 7.41. The molecule has 0 spiro atoms. The molecule has 1 aliphatic heterocycles. The SMILES string of the molecule is CCc1ccc(C2COC(c3c(F)cccc3F)=N2)c(Cl)c1. The highest BCUT2D eigenvalue weighted by Crippen LogP contribution is 2.32. The monoisotopic (exact) mass is 321 g/mol. The van der Waals surface area contributed by atoms with Gasteiger partial charge in [-0.2, -0.15) is 0 Å². The molecule has 114 valence electrons. The molecule has 22 heavy (non-hydrogen) atoms. The molecule has 0 N–H and O–H groups in total. The Kier molecular flexibility index (Phi) is 4.12. The van der Waals surface area contributed by atoms with Gasteiger partial charge in [0.25, 0.3) is 0 Å². The van der Waals surface area contributed by atoms with E-state index in [1.54, 1.807) is 0 Å². The molecule has 2 aromatic rings. The summed E-state index contributed by atoms with van der Waals surface area (Å²) in [4.78, 5) is 4.30. The number of halogens is 3. The first kappa shape index (κ1) is 15.0. The Morgan fingerprint density at radius 1 is 1.23 bits per heavy atom. The third-order valence-electron chi connectivity index (χ3n) is 3.66. The second-order valence-corrected chi connectivity index (χ2v) is 5.47. The summed E-state index contributed by atoms with van der Waals surface area (Å²) in [5, 5.41) is 0.590. The minimum atomic E-state index is -0.688. The molecule has 1 atom stereocenters. The van der Waals surface area contributed by atoms with E-state index in [4.69, 9.17) is 16.3 Å². The van der Waals surface area contributed by atoms with Crippen molar-refractivity contribution in [2.45, 2.75) is 19.4 Å². The predicted molar refractivity (Wildman–Crippen MR) is 82.4 cm³/mol. The van der Waals surface area contributed by atoms with Crippen LogP contribution in [0.2, 0.25) is 5.02 Å². The van der Waals surface area contributed by atoms with Crippen molar-refractivity contribution >= 4 is 17.5 Å². The highest BCUT2D eigenvalue weighted by Gasteiger charge is 2.27. The first-order valence-electron chi connectivity index (χ1n) is 7.03. The molecule has 2 nitrogen and oxygen atoms in total. The van der Waals surface area contributed by atoms with E-state index >= 15 is 0 Å². The highest BCUT2D eigenvalue weighted by molar-refractivity contribution is 6.31. The Hall–Kier alpha value is -1.94. The molecule has 0 aliphatic carbocycles. The molecule has 0 fully saturated rings. The number of hydrogen-bond donors (Lipinski definition) is 0. The topological polar surface area (TPSA) is 21.6 Å². The van der Waals surface area contributed by atoms with Crippen molar-refractivity contribution in [3.05, 3.63) is 69.7 Å². The number of ether oxygens (including phenoxy) is 1.